The minimum absolute atomic E-state index is 0.190. The van der Waals surface area contributed by atoms with Crippen molar-refractivity contribution in [3.8, 4) is 11.3 Å². The lowest BCUT2D eigenvalue weighted by atomic mass is 10.0. The predicted molar refractivity (Wildman–Crippen MR) is 117 cm³/mol. The van der Waals surface area contributed by atoms with Gasteiger partial charge in [0.05, 0.1) is 47.0 Å². The molecule has 0 spiro atoms. The molecule has 0 saturated carbocycles. The van der Waals surface area contributed by atoms with Crippen molar-refractivity contribution in [1.29, 1.82) is 0 Å². The van der Waals surface area contributed by atoms with E-state index in [4.69, 9.17) is 4.74 Å². The van der Waals surface area contributed by atoms with E-state index in [9.17, 15) is 35.5 Å². The summed E-state index contributed by atoms with van der Waals surface area (Å²) < 4.78 is 99.9. The highest BCUT2D eigenvalue weighted by atomic mass is 19.4. The molecule has 1 aliphatic rings. The van der Waals surface area contributed by atoms with Gasteiger partial charge in [0, 0.05) is 24.8 Å². The summed E-state index contributed by atoms with van der Waals surface area (Å²) in [6.07, 6.45) is -8.31. The van der Waals surface area contributed by atoms with Crippen LogP contribution in [0.15, 0.2) is 54.7 Å². The molecule has 0 unspecified atom stereocenters. The van der Waals surface area contributed by atoms with Crippen molar-refractivity contribution < 1.29 is 40.3 Å². The van der Waals surface area contributed by atoms with Gasteiger partial charge in [0.25, 0.3) is 5.91 Å². The largest absolute Gasteiger partial charge is 0.418 e. The summed E-state index contributed by atoms with van der Waals surface area (Å²) in [5.74, 6) is -2.23. The van der Waals surface area contributed by atoms with Gasteiger partial charge in [0.1, 0.15) is 5.82 Å². The van der Waals surface area contributed by atoms with E-state index >= 15 is 0 Å². The van der Waals surface area contributed by atoms with Crippen molar-refractivity contribution >= 4 is 17.3 Å². The zero-order valence-electron chi connectivity index (χ0n) is 18.4. The monoisotopic (exact) mass is 513 g/mol. The molecule has 1 fully saturated rings. The summed E-state index contributed by atoms with van der Waals surface area (Å²) in [5.41, 5.74) is -3.30. The number of carbonyl (C=O) groups excluding carboxylic acids is 1. The summed E-state index contributed by atoms with van der Waals surface area (Å²) in [6.45, 7) is 1.39. The molecule has 1 saturated heterocycles. The molecule has 3 aromatic rings. The van der Waals surface area contributed by atoms with Gasteiger partial charge in [-0.15, -0.1) is 0 Å². The third kappa shape index (κ3) is 5.43. The number of anilines is 2. The zero-order valence-corrected chi connectivity index (χ0v) is 18.4. The lowest BCUT2D eigenvalue weighted by Gasteiger charge is -2.31. The molecule has 1 amide bonds. The Hall–Kier alpha value is -3.67. The first-order valence-electron chi connectivity index (χ1n) is 10.6. The van der Waals surface area contributed by atoms with Crippen molar-refractivity contribution in [3.05, 3.63) is 77.2 Å². The van der Waals surface area contributed by atoms with E-state index in [1.54, 1.807) is 4.90 Å². The van der Waals surface area contributed by atoms with Crippen LogP contribution in [0.25, 0.3) is 11.3 Å². The molecule has 12 heteroatoms. The van der Waals surface area contributed by atoms with Crippen molar-refractivity contribution in [2.75, 3.05) is 36.5 Å². The van der Waals surface area contributed by atoms with E-state index < -0.39 is 46.5 Å². The first-order chi connectivity index (χ1) is 16.9. The van der Waals surface area contributed by atoms with Gasteiger partial charge in [-0.2, -0.15) is 26.3 Å². The van der Waals surface area contributed by atoms with Crippen LogP contribution in [0.4, 0.5) is 42.1 Å². The lowest BCUT2D eigenvalue weighted by Crippen LogP contribution is -2.37. The predicted octanol–water partition coefficient (Wildman–Crippen LogP) is 6.01. The molecule has 190 valence electrons. The highest BCUT2D eigenvalue weighted by Crippen LogP contribution is 2.37. The molecule has 1 aromatic heterocycles. The number of alkyl halides is 6. The van der Waals surface area contributed by atoms with Gasteiger partial charge in [-0.05, 0) is 42.5 Å². The molecule has 5 nitrogen and oxygen atoms in total. The van der Waals surface area contributed by atoms with Crippen LogP contribution >= 0.6 is 0 Å². The van der Waals surface area contributed by atoms with Gasteiger partial charge >= 0.3 is 12.4 Å². The van der Waals surface area contributed by atoms with Crippen LogP contribution in [0.1, 0.15) is 21.5 Å². The van der Waals surface area contributed by atoms with E-state index in [-0.39, 0.29) is 11.3 Å². The van der Waals surface area contributed by atoms with Gasteiger partial charge in [-0.3, -0.25) is 9.78 Å². The summed E-state index contributed by atoms with van der Waals surface area (Å²) in [6, 6.07) is 7.48. The fourth-order valence-corrected chi connectivity index (χ4v) is 3.79. The molecule has 1 N–H and O–H groups in total. The Morgan fingerprint density at radius 3 is 2.31 bits per heavy atom. The summed E-state index contributed by atoms with van der Waals surface area (Å²) >= 11 is 0. The summed E-state index contributed by atoms with van der Waals surface area (Å²) in [7, 11) is 0. The maximum atomic E-state index is 14.9. The normalized spacial score (nSPS) is 14.6. The summed E-state index contributed by atoms with van der Waals surface area (Å²) in [5, 5.41) is 2.32. The molecule has 1 aliphatic heterocycles. The second kappa shape index (κ2) is 9.76. The number of nitrogens with one attached hydrogen (secondary N) is 1. The van der Waals surface area contributed by atoms with E-state index in [1.807, 2.05) is 0 Å². The molecule has 0 radical (unpaired) electrons. The maximum Gasteiger partial charge on any atom is 0.418 e. The molecule has 0 aliphatic carbocycles. The van der Waals surface area contributed by atoms with Gasteiger partial charge in [0.2, 0.25) is 0 Å². The minimum atomic E-state index is -4.74. The molecule has 2 heterocycles. The topological polar surface area (TPSA) is 54.5 Å². The highest BCUT2D eigenvalue weighted by Gasteiger charge is 2.35. The lowest BCUT2D eigenvalue weighted by molar-refractivity contribution is -0.138. The molecule has 2 aromatic carbocycles. The average molecular weight is 513 g/mol. The summed E-state index contributed by atoms with van der Waals surface area (Å²) in [4.78, 5) is 18.2. The zero-order chi connectivity index (χ0) is 26.1. The molecule has 4 rings (SSSR count). The third-order valence-electron chi connectivity index (χ3n) is 5.52. The average Bonchev–Trinajstić information content (AvgIpc) is 2.83. The van der Waals surface area contributed by atoms with Crippen LogP contribution < -0.4 is 10.2 Å². The van der Waals surface area contributed by atoms with E-state index in [0.29, 0.717) is 32.0 Å². The number of hydrogen-bond acceptors (Lipinski definition) is 4. The fourth-order valence-electron chi connectivity index (χ4n) is 3.79. The van der Waals surface area contributed by atoms with Crippen LogP contribution in [0.3, 0.4) is 0 Å². The van der Waals surface area contributed by atoms with Crippen molar-refractivity contribution in [2.24, 2.45) is 0 Å². The number of carbonyl (C=O) groups is 1. The van der Waals surface area contributed by atoms with E-state index in [2.05, 4.69) is 10.3 Å². The maximum absolute atomic E-state index is 14.9. The Labute approximate surface area is 200 Å². The van der Waals surface area contributed by atoms with E-state index in [1.165, 1.54) is 6.07 Å². The van der Waals surface area contributed by atoms with Crippen molar-refractivity contribution in [2.45, 2.75) is 12.4 Å². The number of halogens is 7. The first-order valence-corrected chi connectivity index (χ1v) is 10.6. The van der Waals surface area contributed by atoms with Crippen LogP contribution in [-0.4, -0.2) is 37.2 Å². The Balaban J connectivity index is 1.66. The van der Waals surface area contributed by atoms with Gasteiger partial charge in [0.15, 0.2) is 0 Å². The number of morpholine rings is 1. The van der Waals surface area contributed by atoms with Crippen LogP contribution in [0.5, 0.6) is 0 Å². The fraction of sp³-hybridized carbons (Fsp3) is 0.250. The Morgan fingerprint density at radius 2 is 1.67 bits per heavy atom. The number of aromatic nitrogens is 1. The van der Waals surface area contributed by atoms with Crippen LogP contribution in [0, 0.1) is 5.82 Å². The number of amides is 1. The van der Waals surface area contributed by atoms with Gasteiger partial charge in [-0.25, -0.2) is 4.39 Å². The van der Waals surface area contributed by atoms with Crippen molar-refractivity contribution in [3.63, 3.8) is 0 Å². The third-order valence-corrected chi connectivity index (χ3v) is 5.52. The number of hydrogen-bond donors (Lipinski definition) is 1. The van der Waals surface area contributed by atoms with Crippen molar-refractivity contribution in [1.82, 2.24) is 4.98 Å². The number of pyridine rings is 1. The Kier molecular flexibility index (Phi) is 6.90. The smallest absolute Gasteiger partial charge is 0.378 e. The standard InChI is InChI=1S/C24H18F7N3O2/c25-18-12-14(21-17(24(29,30)31)2-1-7-32-21)3-5-16(18)22(35)33-19-13-15(23(26,27)28)4-6-20(19)34-8-10-36-11-9-34/h1-7,12-13H,8-11H2,(H,33,35). The Bertz CT molecular complexity index is 1270. The van der Waals surface area contributed by atoms with E-state index in [0.717, 1.165) is 48.7 Å². The SMILES string of the molecule is O=C(Nc1cc(C(F)(F)F)ccc1N1CCOCC1)c1ccc(-c2ncccc2C(F)(F)F)cc1F. The number of nitrogens with zero attached hydrogens (tertiary/aromatic N) is 2. The molecule has 0 atom stereocenters. The second-order valence-electron chi connectivity index (χ2n) is 7.88. The van der Waals surface area contributed by atoms with Crippen LogP contribution in [0.2, 0.25) is 0 Å². The quantitative estimate of drug-likeness (QED) is 0.434. The number of benzene rings is 2. The first kappa shape index (κ1) is 25.4. The minimum Gasteiger partial charge on any atom is -0.378 e. The van der Waals surface area contributed by atoms with Gasteiger partial charge < -0.3 is 15.0 Å². The van der Waals surface area contributed by atoms with Gasteiger partial charge in [-0.1, -0.05) is 6.07 Å². The number of rotatable bonds is 4. The van der Waals surface area contributed by atoms with Crippen LogP contribution in [-0.2, 0) is 17.1 Å². The second-order valence-corrected chi connectivity index (χ2v) is 7.88. The molecular weight excluding hydrogens is 495 g/mol. The molecule has 36 heavy (non-hydrogen) atoms. The molecule has 0 bridgehead atoms. The highest BCUT2D eigenvalue weighted by molar-refractivity contribution is 6.06. The number of ether oxygens (including phenoxy) is 1. The Morgan fingerprint density at radius 1 is 0.944 bits per heavy atom. The molecular formula is C24H18F7N3O2.